The SMILES string of the molecule is C=C(CC[C@@H](C)[C@H]1CC[C@H]2C3=C(C(=O)C[C@]12C)[C@@]1(C)CC[C@@H](O)[C@@H](C)[C@@H]1CC3=O)[C@H](C)C(=O)OC. The van der Waals surface area contributed by atoms with Crippen molar-refractivity contribution in [2.24, 2.45) is 46.3 Å². The van der Waals surface area contributed by atoms with Gasteiger partial charge in [0.25, 0.3) is 0 Å². The van der Waals surface area contributed by atoms with Gasteiger partial charge in [-0.2, -0.15) is 0 Å². The lowest BCUT2D eigenvalue weighted by Gasteiger charge is -2.55. The molecule has 5 heteroatoms. The molecule has 4 aliphatic rings. The zero-order valence-electron chi connectivity index (χ0n) is 22.5. The monoisotopic (exact) mass is 484 g/mol. The Balaban J connectivity index is 1.58. The Bertz CT molecular complexity index is 962. The van der Waals surface area contributed by atoms with Crippen LogP contribution < -0.4 is 0 Å². The summed E-state index contributed by atoms with van der Waals surface area (Å²) in [5.41, 5.74) is 2.07. The van der Waals surface area contributed by atoms with Crippen LogP contribution in [0.5, 0.6) is 0 Å². The van der Waals surface area contributed by atoms with Crippen molar-refractivity contribution in [3.8, 4) is 0 Å². The van der Waals surface area contributed by atoms with Crippen LogP contribution in [0.4, 0.5) is 0 Å². The van der Waals surface area contributed by atoms with E-state index in [0.717, 1.165) is 48.8 Å². The maximum Gasteiger partial charge on any atom is 0.312 e. The lowest BCUT2D eigenvalue weighted by atomic mass is 9.48. The van der Waals surface area contributed by atoms with E-state index < -0.39 is 0 Å². The highest BCUT2D eigenvalue weighted by Gasteiger charge is 2.61. The Hall–Kier alpha value is -1.75. The smallest absolute Gasteiger partial charge is 0.312 e. The second-order valence-corrected chi connectivity index (χ2v) is 12.7. The molecule has 0 aliphatic heterocycles. The normalized spacial score (nSPS) is 40.5. The summed E-state index contributed by atoms with van der Waals surface area (Å²) in [7, 11) is 1.41. The van der Waals surface area contributed by atoms with Gasteiger partial charge in [0.2, 0.25) is 0 Å². The van der Waals surface area contributed by atoms with Gasteiger partial charge >= 0.3 is 5.97 Å². The number of methoxy groups -OCH3 is 1. The van der Waals surface area contributed by atoms with Gasteiger partial charge in [0, 0.05) is 29.4 Å². The highest BCUT2D eigenvalue weighted by molar-refractivity contribution is 6.10. The third-order valence-electron chi connectivity index (χ3n) is 10.9. The molecule has 194 valence electrons. The number of Topliss-reactive ketones (excluding diaryl/α,β-unsaturated/α-hetero) is 2. The van der Waals surface area contributed by atoms with Crippen LogP contribution in [0, 0.1) is 46.3 Å². The Morgan fingerprint density at radius 1 is 1.17 bits per heavy atom. The van der Waals surface area contributed by atoms with Crippen LogP contribution in [0.1, 0.15) is 86.0 Å². The molecular formula is C30H44O5. The Morgan fingerprint density at radius 2 is 1.86 bits per heavy atom. The lowest BCUT2D eigenvalue weighted by molar-refractivity contribution is -0.143. The number of aliphatic hydroxyl groups excluding tert-OH is 1. The van der Waals surface area contributed by atoms with E-state index in [0.29, 0.717) is 31.1 Å². The fourth-order valence-corrected chi connectivity index (χ4v) is 8.60. The number of carbonyl (C=O) groups excluding carboxylic acids is 3. The third-order valence-corrected chi connectivity index (χ3v) is 10.9. The molecule has 0 amide bonds. The molecule has 0 heterocycles. The number of fused-ring (bicyclic) bond motifs is 4. The second-order valence-electron chi connectivity index (χ2n) is 12.7. The van der Waals surface area contributed by atoms with Crippen LogP contribution in [0.15, 0.2) is 23.3 Å². The van der Waals surface area contributed by atoms with Crippen LogP contribution in [0.25, 0.3) is 0 Å². The predicted octanol–water partition coefficient (Wildman–Crippen LogP) is 5.46. The summed E-state index contributed by atoms with van der Waals surface area (Å²) < 4.78 is 4.87. The quantitative estimate of drug-likeness (QED) is 0.400. The van der Waals surface area contributed by atoms with E-state index in [4.69, 9.17) is 4.74 Å². The fourth-order valence-electron chi connectivity index (χ4n) is 8.60. The van der Waals surface area contributed by atoms with Crippen molar-refractivity contribution in [2.45, 2.75) is 92.1 Å². The molecule has 9 atom stereocenters. The molecule has 1 N–H and O–H groups in total. The van der Waals surface area contributed by atoms with Crippen LogP contribution in [-0.2, 0) is 19.1 Å². The van der Waals surface area contributed by atoms with Crippen LogP contribution in [-0.4, -0.2) is 35.9 Å². The molecule has 35 heavy (non-hydrogen) atoms. The zero-order valence-corrected chi connectivity index (χ0v) is 22.5. The summed E-state index contributed by atoms with van der Waals surface area (Å²) in [6.07, 6.45) is 5.71. The Kier molecular flexibility index (Phi) is 6.98. The first-order valence-electron chi connectivity index (χ1n) is 13.6. The zero-order chi connectivity index (χ0) is 25.9. The molecular weight excluding hydrogens is 440 g/mol. The predicted molar refractivity (Wildman–Crippen MR) is 135 cm³/mol. The molecule has 0 unspecified atom stereocenters. The van der Waals surface area contributed by atoms with Crippen molar-refractivity contribution in [1.82, 2.24) is 0 Å². The first-order valence-corrected chi connectivity index (χ1v) is 13.6. The van der Waals surface area contributed by atoms with Crippen molar-refractivity contribution in [1.29, 1.82) is 0 Å². The summed E-state index contributed by atoms with van der Waals surface area (Å²) in [6.45, 7) is 14.7. The number of ketones is 2. The van der Waals surface area contributed by atoms with Crippen LogP contribution >= 0.6 is 0 Å². The van der Waals surface area contributed by atoms with Gasteiger partial charge < -0.3 is 9.84 Å². The average Bonchev–Trinajstić information content (AvgIpc) is 3.16. The molecule has 2 fully saturated rings. The first-order chi connectivity index (χ1) is 16.4. The van der Waals surface area contributed by atoms with Crippen molar-refractivity contribution in [2.75, 3.05) is 7.11 Å². The minimum atomic E-state index is -0.389. The molecule has 4 rings (SSSR count). The van der Waals surface area contributed by atoms with E-state index in [9.17, 15) is 19.5 Å². The summed E-state index contributed by atoms with van der Waals surface area (Å²) in [5.74, 6) is 0.715. The van der Waals surface area contributed by atoms with Gasteiger partial charge in [-0.05, 0) is 80.5 Å². The van der Waals surface area contributed by atoms with Crippen LogP contribution in [0.2, 0.25) is 0 Å². The van der Waals surface area contributed by atoms with Crippen molar-refractivity contribution in [3.63, 3.8) is 0 Å². The largest absolute Gasteiger partial charge is 0.469 e. The molecule has 2 saturated carbocycles. The molecule has 0 aromatic rings. The third kappa shape index (κ3) is 4.06. The maximum atomic E-state index is 13.9. The molecule has 0 radical (unpaired) electrons. The molecule has 4 aliphatic carbocycles. The number of hydrogen-bond donors (Lipinski definition) is 1. The van der Waals surface area contributed by atoms with E-state index in [-0.39, 0.29) is 58.1 Å². The van der Waals surface area contributed by atoms with E-state index >= 15 is 0 Å². The van der Waals surface area contributed by atoms with Gasteiger partial charge in [-0.3, -0.25) is 14.4 Å². The molecule has 0 aromatic heterocycles. The van der Waals surface area contributed by atoms with E-state index in [1.807, 2.05) is 13.8 Å². The number of aliphatic hydroxyl groups is 1. The minimum Gasteiger partial charge on any atom is -0.469 e. The molecule has 0 bridgehead atoms. The number of hydrogen-bond acceptors (Lipinski definition) is 5. The average molecular weight is 485 g/mol. The number of allylic oxidation sites excluding steroid dienone is 2. The van der Waals surface area contributed by atoms with Gasteiger partial charge in [-0.25, -0.2) is 0 Å². The van der Waals surface area contributed by atoms with Crippen molar-refractivity contribution in [3.05, 3.63) is 23.3 Å². The molecule has 0 saturated heterocycles. The highest BCUT2D eigenvalue weighted by atomic mass is 16.5. The van der Waals surface area contributed by atoms with Gasteiger partial charge in [-0.15, -0.1) is 0 Å². The highest BCUT2D eigenvalue weighted by Crippen LogP contribution is 2.65. The van der Waals surface area contributed by atoms with Gasteiger partial charge in [0.05, 0.1) is 19.1 Å². The summed E-state index contributed by atoms with van der Waals surface area (Å²) in [6, 6.07) is 0. The number of esters is 1. The lowest BCUT2D eigenvalue weighted by Crippen LogP contribution is -2.53. The van der Waals surface area contributed by atoms with Gasteiger partial charge in [0.1, 0.15) is 0 Å². The summed E-state index contributed by atoms with van der Waals surface area (Å²) in [4.78, 5) is 39.4. The summed E-state index contributed by atoms with van der Waals surface area (Å²) >= 11 is 0. The number of ether oxygens (including phenoxy) is 1. The van der Waals surface area contributed by atoms with Crippen LogP contribution in [0.3, 0.4) is 0 Å². The number of carbonyl (C=O) groups is 3. The number of rotatable bonds is 6. The summed E-state index contributed by atoms with van der Waals surface area (Å²) in [5, 5.41) is 10.5. The molecule has 0 aromatic carbocycles. The molecule has 5 nitrogen and oxygen atoms in total. The topological polar surface area (TPSA) is 80.7 Å². The van der Waals surface area contributed by atoms with Gasteiger partial charge in [0.15, 0.2) is 11.6 Å². The van der Waals surface area contributed by atoms with Crippen molar-refractivity contribution >= 4 is 17.5 Å². The Labute approximate surface area is 210 Å². The standard InChI is InChI=1S/C30H44O5/c1-16(18(3)28(34)35-7)8-9-17(2)20-10-11-21-26-24(32)14-22-19(4)23(31)12-13-29(22,5)27(26)25(33)15-30(20,21)6/h17-23,31H,1,8-15H2,2-7H3/t17-,18+,19+,20-,21+,22+,23-,29+,30-/m1/s1. The van der Waals surface area contributed by atoms with Gasteiger partial charge in [-0.1, -0.05) is 39.8 Å². The van der Waals surface area contributed by atoms with E-state index in [1.165, 1.54) is 7.11 Å². The van der Waals surface area contributed by atoms with E-state index in [2.05, 4.69) is 27.4 Å². The molecule has 0 spiro atoms. The van der Waals surface area contributed by atoms with Crippen molar-refractivity contribution < 1.29 is 24.2 Å². The van der Waals surface area contributed by atoms with E-state index in [1.54, 1.807) is 0 Å². The fraction of sp³-hybridized carbons (Fsp3) is 0.767. The first kappa shape index (κ1) is 26.3. The maximum absolute atomic E-state index is 13.9. The Morgan fingerprint density at radius 3 is 2.51 bits per heavy atom. The minimum absolute atomic E-state index is 0.0321. The second kappa shape index (κ2) is 9.28.